The molecule has 0 radical (unpaired) electrons. The van der Waals surface area contributed by atoms with E-state index in [4.69, 9.17) is 0 Å². The fourth-order valence-electron chi connectivity index (χ4n) is 12.1. The average Bonchev–Trinajstić information content (AvgIpc) is 3.29. The van der Waals surface area contributed by atoms with E-state index in [1.165, 1.54) is 76.2 Å². The lowest BCUT2D eigenvalue weighted by Gasteiger charge is -2.69. The van der Waals surface area contributed by atoms with Gasteiger partial charge in [-0.2, -0.15) is 0 Å². The van der Waals surface area contributed by atoms with Crippen LogP contribution in [0.3, 0.4) is 0 Å². The van der Waals surface area contributed by atoms with Crippen molar-refractivity contribution in [2.24, 2.45) is 51.2 Å². The van der Waals surface area contributed by atoms with E-state index in [2.05, 4.69) is 39.8 Å². The number of aliphatic hydroxyl groups is 1. The van der Waals surface area contributed by atoms with Crippen LogP contribution >= 0.6 is 0 Å². The minimum absolute atomic E-state index is 0.208. The summed E-state index contributed by atoms with van der Waals surface area (Å²) in [6.45, 7) is 10.8. The standard InChI is InChI=1S/C33H48O3/c1-30(2)24(21-7-9-22(10-8-21)29(35)36)13-17-32(4)27(30)15-18-31(3)25-14-19-33(20-34)16-5-6-26(33)23(25)11-12-28(31)32/h7-10,23-28,34H,5-6,11-20H2,1-4H3,(H,35,36). The lowest BCUT2D eigenvalue weighted by atomic mass is 9.35. The second kappa shape index (κ2) is 8.32. The maximum absolute atomic E-state index is 11.4. The second-order valence-corrected chi connectivity index (χ2v) is 14.9. The molecule has 0 amide bonds. The van der Waals surface area contributed by atoms with Crippen molar-refractivity contribution in [2.75, 3.05) is 6.61 Å². The maximum Gasteiger partial charge on any atom is 0.335 e. The Hall–Kier alpha value is -1.35. The molecule has 36 heavy (non-hydrogen) atoms. The second-order valence-electron chi connectivity index (χ2n) is 14.9. The molecule has 5 saturated carbocycles. The van der Waals surface area contributed by atoms with Gasteiger partial charge in [0.1, 0.15) is 0 Å². The fraction of sp³-hybridized carbons (Fsp3) is 0.788. The smallest absolute Gasteiger partial charge is 0.335 e. The Labute approximate surface area is 218 Å². The van der Waals surface area contributed by atoms with Crippen LogP contribution in [-0.4, -0.2) is 22.8 Å². The van der Waals surface area contributed by atoms with Gasteiger partial charge >= 0.3 is 5.97 Å². The predicted octanol–water partition coefficient (Wildman–Crippen LogP) is 7.93. The van der Waals surface area contributed by atoms with E-state index in [1.807, 2.05) is 0 Å². The maximum atomic E-state index is 11.4. The number of hydrogen-bond acceptors (Lipinski definition) is 2. The molecule has 3 heteroatoms. The first-order valence-electron chi connectivity index (χ1n) is 15.0. The van der Waals surface area contributed by atoms with Crippen molar-refractivity contribution in [2.45, 2.75) is 104 Å². The summed E-state index contributed by atoms with van der Waals surface area (Å²) in [4.78, 5) is 11.4. The third kappa shape index (κ3) is 3.29. The van der Waals surface area contributed by atoms with Gasteiger partial charge in [0, 0.05) is 6.61 Å². The zero-order valence-corrected chi connectivity index (χ0v) is 23.1. The highest BCUT2D eigenvalue weighted by molar-refractivity contribution is 5.87. The van der Waals surface area contributed by atoms with Crippen molar-refractivity contribution in [3.8, 4) is 0 Å². The van der Waals surface area contributed by atoms with Gasteiger partial charge in [0.2, 0.25) is 0 Å². The summed E-state index contributed by atoms with van der Waals surface area (Å²) < 4.78 is 0. The molecule has 1 aromatic carbocycles. The lowest BCUT2D eigenvalue weighted by Crippen LogP contribution is -2.62. The molecule has 5 aliphatic carbocycles. The normalized spacial score (nSPS) is 47.2. The SMILES string of the molecule is CC1(C)C(c2ccc(C(=O)O)cc2)CCC2(C)C1CCC1(C)C3CCC4(CO)CCCC4C3CCC12. The predicted molar refractivity (Wildman–Crippen MR) is 144 cm³/mol. The van der Waals surface area contributed by atoms with Crippen molar-refractivity contribution < 1.29 is 15.0 Å². The summed E-state index contributed by atoms with van der Waals surface area (Å²) in [5.41, 5.74) is 3.02. The van der Waals surface area contributed by atoms with Crippen LogP contribution in [0.5, 0.6) is 0 Å². The number of aromatic carboxylic acids is 1. The molecule has 0 bridgehead atoms. The van der Waals surface area contributed by atoms with Gasteiger partial charge in [0.15, 0.2) is 0 Å². The number of aliphatic hydroxyl groups excluding tert-OH is 1. The van der Waals surface area contributed by atoms with Crippen LogP contribution in [-0.2, 0) is 0 Å². The first kappa shape index (κ1) is 25.0. The number of carboxylic acid groups (broad SMARTS) is 1. The molecule has 5 fully saturated rings. The Morgan fingerprint density at radius 2 is 1.53 bits per heavy atom. The van der Waals surface area contributed by atoms with E-state index in [0.717, 1.165) is 23.7 Å². The molecular formula is C33H48O3. The molecule has 9 atom stereocenters. The zero-order chi connectivity index (χ0) is 25.5. The number of carboxylic acids is 1. The van der Waals surface area contributed by atoms with E-state index >= 15 is 0 Å². The number of fused-ring (bicyclic) bond motifs is 7. The molecule has 0 heterocycles. The Morgan fingerprint density at radius 3 is 2.22 bits per heavy atom. The van der Waals surface area contributed by atoms with Crippen LogP contribution in [0, 0.1) is 51.2 Å². The third-order valence-corrected chi connectivity index (χ3v) is 13.6. The molecule has 0 aliphatic heterocycles. The van der Waals surface area contributed by atoms with E-state index in [1.54, 1.807) is 12.1 Å². The quantitative estimate of drug-likeness (QED) is 0.450. The molecular weight excluding hydrogens is 444 g/mol. The minimum atomic E-state index is -0.837. The number of rotatable bonds is 3. The summed E-state index contributed by atoms with van der Waals surface area (Å²) in [7, 11) is 0. The van der Waals surface area contributed by atoms with Crippen LogP contribution in [0.15, 0.2) is 24.3 Å². The molecule has 198 valence electrons. The van der Waals surface area contributed by atoms with E-state index in [0.29, 0.717) is 34.8 Å². The topological polar surface area (TPSA) is 57.5 Å². The van der Waals surface area contributed by atoms with Crippen LogP contribution in [0.25, 0.3) is 0 Å². The Balaban J connectivity index is 1.28. The van der Waals surface area contributed by atoms with Crippen molar-refractivity contribution in [1.29, 1.82) is 0 Å². The lowest BCUT2D eigenvalue weighted by molar-refractivity contribution is -0.201. The summed E-state index contributed by atoms with van der Waals surface area (Å²) in [6, 6.07) is 7.79. The van der Waals surface area contributed by atoms with Crippen LogP contribution in [0.4, 0.5) is 0 Å². The monoisotopic (exact) mass is 492 g/mol. The van der Waals surface area contributed by atoms with Gasteiger partial charge in [-0.1, -0.05) is 46.2 Å². The molecule has 0 spiro atoms. The molecule has 3 nitrogen and oxygen atoms in total. The molecule has 2 N–H and O–H groups in total. The highest BCUT2D eigenvalue weighted by Gasteiger charge is 2.66. The highest BCUT2D eigenvalue weighted by atomic mass is 16.4. The van der Waals surface area contributed by atoms with Crippen molar-refractivity contribution >= 4 is 5.97 Å². The van der Waals surface area contributed by atoms with Crippen LogP contribution in [0.1, 0.15) is 120 Å². The van der Waals surface area contributed by atoms with Gasteiger partial charge < -0.3 is 10.2 Å². The minimum Gasteiger partial charge on any atom is -0.478 e. The Kier molecular flexibility index (Phi) is 5.77. The van der Waals surface area contributed by atoms with Gasteiger partial charge in [-0.15, -0.1) is 0 Å². The summed E-state index contributed by atoms with van der Waals surface area (Å²) >= 11 is 0. The number of carbonyl (C=O) groups is 1. The van der Waals surface area contributed by atoms with Crippen LogP contribution in [0.2, 0.25) is 0 Å². The first-order chi connectivity index (χ1) is 17.1. The molecule has 5 aliphatic rings. The summed E-state index contributed by atoms with van der Waals surface area (Å²) in [5.74, 6) is 3.64. The van der Waals surface area contributed by atoms with Crippen molar-refractivity contribution in [1.82, 2.24) is 0 Å². The highest BCUT2D eigenvalue weighted by Crippen LogP contribution is 2.74. The summed E-state index contributed by atoms with van der Waals surface area (Å²) in [5, 5.41) is 19.8. The first-order valence-corrected chi connectivity index (χ1v) is 15.0. The number of benzene rings is 1. The van der Waals surface area contributed by atoms with Crippen molar-refractivity contribution in [3.63, 3.8) is 0 Å². The average molecular weight is 493 g/mol. The van der Waals surface area contributed by atoms with Gasteiger partial charge in [0.25, 0.3) is 0 Å². The van der Waals surface area contributed by atoms with E-state index in [-0.39, 0.29) is 10.8 Å². The Bertz CT molecular complexity index is 1010. The van der Waals surface area contributed by atoms with Gasteiger partial charge in [-0.25, -0.2) is 4.79 Å². The van der Waals surface area contributed by atoms with E-state index in [9.17, 15) is 15.0 Å². The number of hydrogen-bond donors (Lipinski definition) is 2. The van der Waals surface area contributed by atoms with E-state index < -0.39 is 5.97 Å². The van der Waals surface area contributed by atoms with Crippen molar-refractivity contribution in [3.05, 3.63) is 35.4 Å². The molecule has 0 aromatic heterocycles. The largest absolute Gasteiger partial charge is 0.478 e. The third-order valence-electron chi connectivity index (χ3n) is 13.6. The van der Waals surface area contributed by atoms with Gasteiger partial charge in [-0.05, 0) is 139 Å². The zero-order valence-electron chi connectivity index (χ0n) is 23.1. The summed E-state index contributed by atoms with van der Waals surface area (Å²) in [6.07, 6.45) is 14.5. The molecule has 1 aromatic rings. The molecule has 6 rings (SSSR count). The molecule has 0 saturated heterocycles. The molecule has 9 unspecified atom stereocenters. The fourth-order valence-corrected chi connectivity index (χ4v) is 12.1. The van der Waals surface area contributed by atoms with Crippen LogP contribution < -0.4 is 0 Å². The Morgan fingerprint density at radius 1 is 0.806 bits per heavy atom. The van der Waals surface area contributed by atoms with Gasteiger partial charge in [0.05, 0.1) is 5.56 Å². The van der Waals surface area contributed by atoms with Gasteiger partial charge in [-0.3, -0.25) is 0 Å².